The second-order valence-corrected chi connectivity index (χ2v) is 6.53. The van der Waals surface area contributed by atoms with Crippen LogP contribution in [0.5, 0.6) is 0 Å². The van der Waals surface area contributed by atoms with Gasteiger partial charge in [0.15, 0.2) is 11.7 Å². The normalized spacial score (nSPS) is 13.2. The summed E-state index contributed by atoms with van der Waals surface area (Å²) in [6, 6.07) is 15.3. The van der Waals surface area contributed by atoms with Crippen LogP contribution in [-0.2, 0) is 16.0 Å². The van der Waals surface area contributed by atoms with Crippen molar-refractivity contribution in [3.63, 3.8) is 0 Å². The van der Waals surface area contributed by atoms with Crippen molar-refractivity contribution in [2.75, 3.05) is 16.8 Å². The van der Waals surface area contributed by atoms with Crippen LogP contribution in [0.4, 0.5) is 11.4 Å². The number of hydrogen-bond acceptors (Lipinski definition) is 4. The third kappa shape index (κ3) is 3.60. The Morgan fingerprint density at radius 2 is 1.96 bits per heavy atom. The third-order valence-corrected chi connectivity index (χ3v) is 4.51. The Labute approximate surface area is 156 Å². The van der Waals surface area contributed by atoms with E-state index in [4.69, 9.17) is 4.42 Å². The van der Waals surface area contributed by atoms with Crippen LogP contribution in [0.25, 0.3) is 11.3 Å². The molecule has 0 bridgehead atoms. The molecule has 1 N–H and O–H groups in total. The van der Waals surface area contributed by atoms with Crippen LogP contribution in [0.1, 0.15) is 17.9 Å². The fraction of sp³-hybridized carbons (Fsp3) is 0.190. The standard InChI is InChI=1S/C21H19N3O3/c1-14-6-8-15(9-7-14)18-12-22-20(27-18)10-11-21(26)24-13-19(25)23-16-4-2-3-5-17(16)24/h2-9,12H,10-11,13H2,1H3,(H,23,25). The van der Waals surface area contributed by atoms with Crippen molar-refractivity contribution >= 4 is 23.2 Å². The molecule has 6 nitrogen and oxygen atoms in total. The molecule has 4 rings (SSSR count). The van der Waals surface area contributed by atoms with Crippen LogP contribution in [0, 0.1) is 6.92 Å². The molecule has 0 fully saturated rings. The Hall–Kier alpha value is -3.41. The molecule has 0 atom stereocenters. The third-order valence-electron chi connectivity index (χ3n) is 4.51. The van der Waals surface area contributed by atoms with Gasteiger partial charge in [-0.3, -0.25) is 9.59 Å². The number of hydrogen-bond donors (Lipinski definition) is 1. The molecule has 1 aromatic heterocycles. The minimum atomic E-state index is -0.195. The molecular weight excluding hydrogens is 342 g/mol. The molecule has 2 amide bonds. The average Bonchev–Trinajstić information content (AvgIpc) is 3.15. The predicted octanol–water partition coefficient (Wildman–Crippen LogP) is 3.57. The molecule has 0 saturated carbocycles. The van der Waals surface area contributed by atoms with Crippen molar-refractivity contribution < 1.29 is 14.0 Å². The maximum absolute atomic E-state index is 12.7. The number of nitrogens with one attached hydrogen (secondary N) is 1. The molecule has 27 heavy (non-hydrogen) atoms. The van der Waals surface area contributed by atoms with E-state index < -0.39 is 0 Å². The van der Waals surface area contributed by atoms with Gasteiger partial charge in [-0.2, -0.15) is 0 Å². The summed E-state index contributed by atoms with van der Waals surface area (Å²) in [6.45, 7) is 2.05. The zero-order valence-electron chi connectivity index (χ0n) is 14.9. The molecule has 3 aromatic rings. The minimum Gasteiger partial charge on any atom is -0.441 e. The van der Waals surface area contributed by atoms with E-state index in [1.807, 2.05) is 49.4 Å². The lowest BCUT2D eigenvalue weighted by atomic mass is 10.1. The number of benzene rings is 2. The molecule has 0 radical (unpaired) electrons. The number of carbonyl (C=O) groups excluding carboxylic acids is 2. The highest BCUT2D eigenvalue weighted by molar-refractivity contribution is 6.09. The van der Waals surface area contributed by atoms with Gasteiger partial charge in [0.25, 0.3) is 0 Å². The minimum absolute atomic E-state index is 0.0239. The van der Waals surface area contributed by atoms with E-state index in [-0.39, 0.29) is 24.8 Å². The number of nitrogens with zero attached hydrogens (tertiary/aromatic N) is 2. The Balaban J connectivity index is 1.44. The Bertz CT molecular complexity index is 992. The number of aromatic nitrogens is 1. The summed E-state index contributed by atoms with van der Waals surface area (Å²) in [5, 5.41) is 2.78. The van der Waals surface area contributed by atoms with Crippen LogP contribution in [0.15, 0.2) is 59.1 Å². The molecule has 6 heteroatoms. The van der Waals surface area contributed by atoms with Gasteiger partial charge in [0, 0.05) is 18.4 Å². The topological polar surface area (TPSA) is 75.4 Å². The number of para-hydroxylation sites is 2. The van der Waals surface area contributed by atoms with Gasteiger partial charge in [0.1, 0.15) is 6.54 Å². The zero-order valence-corrected chi connectivity index (χ0v) is 14.9. The lowest BCUT2D eigenvalue weighted by Crippen LogP contribution is -2.42. The fourth-order valence-corrected chi connectivity index (χ4v) is 3.08. The second-order valence-electron chi connectivity index (χ2n) is 6.53. The largest absolute Gasteiger partial charge is 0.441 e. The summed E-state index contributed by atoms with van der Waals surface area (Å²) in [5.41, 5.74) is 3.50. The Kier molecular flexibility index (Phi) is 4.46. The highest BCUT2D eigenvalue weighted by Crippen LogP contribution is 2.29. The number of carbonyl (C=O) groups is 2. The van der Waals surface area contributed by atoms with Gasteiger partial charge in [-0.1, -0.05) is 42.0 Å². The summed E-state index contributed by atoms with van der Waals surface area (Å²) in [5.74, 6) is 0.862. The zero-order chi connectivity index (χ0) is 18.8. The number of amides is 2. The second kappa shape index (κ2) is 7.07. The van der Waals surface area contributed by atoms with Crippen LogP contribution in [0.2, 0.25) is 0 Å². The van der Waals surface area contributed by atoms with Crippen molar-refractivity contribution in [2.24, 2.45) is 0 Å². The van der Waals surface area contributed by atoms with Gasteiger partial charge in [0.05, 0.1) is 17.6 Å². The Morgan fingerprint density at radius 1 is 1.19 bits per heavy atom. The number of anilines is 2. The fourth-order valence-electron chi connectivity index (χ4n) is 3.08. The van der Waals surface area contributed by atoms with E-state index >= 15 is 0 Å². The lowest BCUT2D eigenvalue weighted by molar-refractivity contribution is -0.121. The highest BCUT2D eigenvalue weighted by atomic mass is 16.4. The number of fused-ring (bicyclic) bond motifs is 1. The number of oxazole rings is 1. The van der Waals surface area contributed by atoms with Crippen LogP contribution < -0.4 is 10.2 Å². The summed E-state index contributed by atoms with van der Waals surface area (Å²) in [4.78, 5) is 30.3. The molecule has 0 spiro atoms. The van der Waals surface area contributed by atoms with Gasteiger partial charge in [-0.15, -0.1) is 0 Å². The SMILES string of the molecule is Cc1ccc(-c2cnc(CCC(=O)N3CC(=O)Nc4ccccc43)o2)cc1. The number of rotatable bonds is 4. The maximum atomic E-state index is 12.7. The molecule has 0 aliphatic carbocycles. The monoisotopic (exact) mass is 361 g/mol. The molecule has 0 saturated heterocycles. The lowest BCUT2D eigenvalue weighted by Gasteiger charge is -2.29. The molecule has 136 valence electrons. The van der Waals surface area contributed by atoms with E-state index in [1.165, 1.54) is 10.5 Å². The first kappa shape index (κ1) is 17.0. The molecule has 0 unspecified atom stereocenters. The van der Waals surface area contributed by atoms with Crippen molar-refractivity contribution in [2.45, 2.75) is 19.8 Å². The first-order chi connectivity index (χ1) is 13.1. The predicted molar refractivity (Wildman–Crippen MR) is 102 cm³/mol. The van der Waals surface area contributed by atoms with Gasteiger partial charge < -0.3 is 14.6 Å². The quantitative estimate of drug-likeness (QED) is 0.771. The first-order valence-corrected chi connectivity index (χ1v) is 8.81. The summed E-state index contributed by atoms with van der Waals surface area (Å²) in [7, 11) is 0. The summed E-state index contributed by atoms with van der Waals surface area (Å²) in [6.07, 6.45) is 2.27. The smallest absolute Gasteiger partial charge is 0.244 e. The highest BCUT2D eigenvalue weighted by Gasteiger charge is 2.26. The van der Waals surface area contributed by atoms with E-state index in [0.29, 0.717) is 23.8 Å². The molecule has 2 aromatic carbocycles. The van der Waals surface area contributed by atoms with E-state index in [9.17, 15) is 9.59 Å². The van der Waals surface area contributed by atoms with Crippen LogP contribution in [0.3, 0.4) is 0 Å². The van der Waals surface area contributed by atoms with E-state index in [1.54, 1.807) is 12.3 Å². The van der Waals surface area contributed by atoms with Crippen LogP contribution >= 0.6 is 0 Å². The van der Waals surface area contributed by atoms with Crippen molar-refractivity contribution in [3.8, 4) is 11.3 Å². The van der Waals surface area contributed by atoms with E-state index in [0.717, 1.165) is 11.3 Å². The summed E-state index contributed by atoms with van der Waals surface area (Å²) < 4.78 is 5.78. The van der Waals surface area contributed by atoms with E-state index in [2.05, 4.69) is 10.3 Å². The van der Waals surface area contributed by atoms with Crippen molar-refractivity contribution in [1.29, 1.82) is 0 Å². The first-order valence-electron chi connectivity index (χ1n) is 8.81. The van der Waals surface area contributed by atoms with Gasteiger partial charge in [-0.05, 0) is 19.1 Å². The van der Waals surface area contributed by atoms with Gasteiger partial charge in [0.2, 0.25) is 11.8 Å². The molecule has 1 aliphatic heterocycles. The maximum Gasteiger partial charge on any atom is 0.244 e. The van der Waals surface area contributed by atoms with Gasteiger partial charge in [-0.25, -0.2) is 4.98 Å². The Morgan fingerprint density at radius 3 is 2.78 bits per heavy atom. The summed E-state index contributed by atoms with van der Waals surface area (Å²) >= 11 is 0. The molecular formula is C21H19N3O3. The van der Waals surface area contributed by atoms with Crippen LogP contribution in [-0.4, -0.2) is 23.3 Å². The van der Waals surface area contributed by atoms with Crippen molar-refractivity contribution in [3.05, 3.63) is 66.2 Å². The van der Waals surface area contributed by atoms with Crippen molar-refractivity contribution in [1.82, 2.24) is 4.98 Å². The van der Waals surface area contributed by atoms with Gasteiger partial charge >= 0.3 is 0 Å². The average molecular weight is 361 g/mol. The number of aryl methyl sites for hydroxylation is 2. The molecule has 2 heterocycles. The molecule has 1 aliphatic rings.